The number of thiophene rings is 1. The molecule has 1 heterocycles. The molecule has 13 heavy (non-hydrogen) atoms. The van der Waals surface area contributed by atoms with Crippen LogP contribution in [0.25, 0.3) is 0 Å². The molecule has 0 aliphatic rings. The van der Waals surface area contributed by atoms with E-state index in [1.54, 1.807) is 5.38 Å². The zero-order valence-electron chi connectivity index (χ0n) is 7.39. The third kappa shape index (κ3) is 1.91. The van der Waals surface area contributed by atoms with Gasteiger partial charge in [0.05, 0.1) is 11.5 Å². The summed E-state index contributed by atoms with van der Waals surface area (Å²) in [6, 6.07) is 1.51. The molecule has 0 bridgehead atoms. The number of aliphatic hydroxyl groups is 1. The number of rotatable bonds is 3. The van der Waals surface area contributed by atoms with E-state index in [0.717, 1.165) is 4.31 Å². The predicted molar refractivity (Wildman–Crippen MR) is 51.1 cm³/mol. The normalized spacial score (nSPS) is 12.3. The van der Waals surface area contributed by atoms with E-state index in [1.165, 1.54) is 31.5 Å². The molecular weight excluding hydrogens is 210 g/mol. The van der Waals surface area contributed by atoms with Crippen LogP contribution in [0.3, 0.4) is 0 Å². The summed E-state index contributed by atoms with van der Waals surface area (Å²) < 4.78 is 24.3. The first kappa shape index (κ1) is 10.6. The SMILES string of the molecule is CN(C)S(=O)(=O)c1ccsc1CO. The molecule has 1 aromatic rings. The van der Waals surface area contributed by atoms with Crippen molar-refractivity contribution in [3.63, 3.8) is 0 Å². The Morgan fingerprint density at radius 1 is 1.54 bits per heavy atom. The van der Waals surface area contributed by atoms with Gasteiger partial charge in [-0.25, -0.2) is 12.7 Å². The molecule has 1 rings (SSSR count). The highest BCUT2D eigenvalue weighted by Gasteiger charge is 2.21. The van der Waals surface area contributed by atoms with Gasteiger partial charge in [0.1, 0.15) is 0 Å². The van der Waals surface area contributed by atoms with E-state index in [2.05, 4.69) is 0 Å². The lowest BCUT2D eigenvalue weighted by atomic mass is 10.5. The minimum Gasteiger partial charge on any atom is -0.391 e. The zero-order valence-corrected chi connectivity index (χ0v) is 9.02. The monoisotopic (exact) mass is 221 g/mol. The summed E-state index contributed by atoms with van der Waals surface area (Å²) in [7, 11) is -0.460. The fourth-order valence-electron chi connectivity index (χ4n) is 0.871. The average Bonchev–Trinajstić information content (AvgIpc) is 2.51. The molecule has 0 saturated heterocycles. The van der Waals surface area contributed by atoms with Gasteiger partial charge in [-0.3, -0.25) is 0 Å². The maximum absolute atomic E-state index is 11.6. The maximum atomic E-state index is 11.6. The van der Waals surface area contributed by atoms with Crippen molar-refractivity contribution in [2.24, 2.45) is 0 Å². The Balaban J connectivity index is 3.22. The second-order valence-electron chi connectivity index (χ2n) is 2.65. The predicted octanol–water partition coefficient (Wildman–Crippen LogP) is 0.491. The van der Waals surface area contributed by atoms with Gasteiger partial charge < -0.3 is 5.11 Å². The molecule has 0 atom stereocenters. The van der Waals surface area contributed by atoms with E-state index in [9.17, 15) is 8.42 Å². The lowest BCUT2D eigenvalue weighted by molar-refractivity contribution is 0.282. The van der Waals surface area contributed by atoms with Crippen molar-refractivity contribution in [1.82, 2.24) is 4.31 Å². The van der Waals surface area contributed by atoms with Crippen LogP contribution in [-0.2, 0) is 16.6 Å². The molecule has 74 valence electrons. The third-order valence-corrected chi connectivity index (χ3v) is 4.54. The molecule has 0 saturated carbocycles. The molecule has 0 unspecified atom stereocenters. The fourth-order valence-corrected chi connectivity index (χ4v) is 3.03. The van der Waals surface area contributed by atoms with Gasteiger partial charge in [0.25, 0.3) is 0 Å². The van der Waals surface area contributed by atoms with Crippen molar-refractivity contribution < 1.29 is 13.5 Å². The van der Waals surface area contributed by atoms with Crippen LogP contribution < -0.4 is 0 Å². The number of hydrogen-bond acceptors (Lipinski definition) is 4. The van der Waals surface area contributed by atoms with Gasteiger partial charge in [-0.1, -0.05) is 0 Å². The van der Waals surface area contributed by atoms with Crippen LogP contribution in [0, 0.1) is 0 Å². The first-order valence-electron chi connectivity index (χ1n) is 3.60. The topological polar surface area (TPSA) is 57.6 Å². The van der Waals surface area contributed by atoms with Crippen molar-refractivity contribution in [3.05, 3.63) is 16.3 Å². The average molecular weight is 221 g/mol. The summed E-state index contributed by atoms with van der Waals surface area (Å²) >= 11 is 1.24. The third-order valence-electron chi connectivity index (χ3n) is 1.61. The van der Waals surface area contributed by atoms with Crippen molar-refractivity contribution in [2.45, 2.75) is 11.5 Å². The Kier molecular flexibility index (Phi) is 3.07. The number of aliphatic hydroxyl groups excluding tert-OH is 1. The molecule has 0 spiro atoms. The van der Waals surface area contributed by atoms with E-state index in [0.29, 0.717) is 4.88 Å². The van der Waals surface area contributed by atoms with Crippen LogP contribution in [0.15, 0.2) is 16.3 Å². The van der Waals surface area contributed by atoms with Gasteiger partial charge in [-0.15, -0.1) is 11.3 Å². The van der Waals surface area contributed by atoms with Crippen molar-refractivity contribution in [1.29, 1.82) is 0 Å². The quantitative estimate of drug-likeness (QED) is 0.808. The summed E-state index contributed by atoms with van der Waals surface area (Å²) in [6.45, 7) is -0.236. The number of hydrogen-bond donors (Lipinski definition) is 1. The standard InChI is InChI=1S/C7H11NO3S2/c1-8(2)13(10,11)7-3-4-12-6(7)5-9/h3-4,9H,5H2,1-2H3. The van der Waals surface area contributed by atoms with E-state index in [1.807, 2.05) is 0 Å². The highest BCUT2D eigenvalue weighted by atomic mass is 32.2. The smallest absolute Gasteiger partial charge is 0.243 e. The molecule has 1 aromatic heterocycles. The minimum absolute atomic E-state index is 0.199. The lowest BCUT2D eigenvalue weighted by Crippen LogP contribution is -2.22. The van der Waals surface area contributed by atoms with E-state index in [-0.39, 0.29) is 11.5 Å². The number of sulfonamides is 1. The second-order valence-corrected chi connectivity index (χ2v) is 5.77. The highest BCUT2D eigenvalue weighted by Crippen LogP contribution is 2.23. The van der Waals surface area contributed by atoms with Crippen molar-refractivity contribution in [3.8, 4) is 0 Å². The Bertz CT molecular complexity index is 380. The van der Waals surface area contributed by atoms with E-state index >= 15 is 0 Å². The van der Waals surface area contributed by atoms with Crippen molar-refractivity contribution >= 4 is 21.4 Å². The van der Waals surface area contributed by atoms with Gasteiger partial charge in [0, 0.05) is 19.0 Å². The molecule has 6 heteroatoms. The Morgan fingerprint density at radius 3 is 2.62 bits per heavy atom. The van der Waals surface area contributed by atoms with Crippen LogP contribution in [-0.4, -0.2) is 31.9 Å². The summed E-state index contributed by atoms with van der Waals surface area (Å²) in [5, 5.41) is 10.5. The molecule has 0 aliphatic carbocycles. The first-order valence-corrected chi connectivity index (χ1v) is 5.92. The van der Waals surface area contributed by atoms with Crippen LogP contribution >= 0.6 is 11.3 Å². The lowest BCUT2D eigenvalue weighted by Gasteiger charge is -2.10. The van der Waals surface area contributed by atoms with Gasteiger partial charge in [0.15, 0.2) is 0 Å². The molecule has 0 amide bonds. The summed E-state index contributed by atoms with van der Waals surface area (Å²) in [6.07, 6.45) is 0. The molecule has 1 N–H and O–H groups in total. The van der Waals surface area contributed by atoms with Crippen LogP contribution in [0.1, 0.15) is 4.88 Å². The molecule has 0 aromatic carbocycles. The van der Waals surface area contributed by atoms with Crippen LogP contribution in [0.5, 0.6) is 0 Å². The second kappa shape index (κ2) is 3.75. The molecule has 0 aliphatic heterocycles. The van der Waals surface area contributed by atoms with Gasteiger partial charge in [-0.05, 0) is 11.4 Å². The summed E-state index contributed by atoms with van der Waals surface area (Å²) in [4.78, 5) is 0.679. The van der Waals surface area contributed by atoms with Crippen LogP contribution in [0.2, 0.25) is 0 Å². The largest absolute Gasteiger partial charge is 0.391 e. The van der Waals surface area contributed by atoms with Gasteiger partial charge in [0.2, 0.25) is 10.0 Å². The Morgan fingerprint density at radius 2 is 2.15 bits per heavy atom. The number of nitrogens with zero attached hydrogens (tertiary/aromatic N) is 1. The Labute approximate surface area is 81.5 Å². The first-order chi connectivity index (χ1) is 6.00. The van der Waals surface area contributed by atoms with Gasteiger partial charge in [-0.2, -0.15) is 0 Å². The zero-order chi connectivity index (χ0) is 10.1. The van der Waals surface area contributed by atoms with Crippen LogP contribution in [0.4, 0.5) is 0 Å². The highest BCUT2D eigenvalue weighted by molar-refractivity contribution is 7.89. The van der Waals surface area contributed by atoms with Gasteiger partial charge >= 0.3 is 0 Å². The summed E-state index contributed by atoms with van der Waals surface area (Å²) in [5.41, 5.74) is 0. The van der Waals surface area contributed by atoms with E-state index < -0.39 is 10.0 Å². The molecule has 0 radical (unpaired) electrons. The Hall–Kier alpha value is -0.430. The van der Waals surface area contributed by atoms with Crippen molar-refractivity contribution in [2.75, 3.05) is 14.1 Å². The summed E-state index contributed by atoms with van der Waals surface area (Å²) in [5.74, 6) is 0. The molecule has 0 fully saturated rings. The molecule has 4 nitrogen and oxygen atoms in total. The minimum atomic E-state index is -3.39. The van der Waals surface area contributed by atoms with E-state index in [4.69, 9.17) is 5.11 Å². The fraction of sp³-hybridized carbons (Fsp3) is 0.429. The molecular formula is C7H11NO3S2. The maximum Gasteiger partial charge on any atom is 0.243 e.